The first-order chi connectivity index (χ1) is 13.3. The third-order valence-electron chi connectivity index (χ3n) is 4.42. The lowest BCUT2D eigenvalue weighted by molar-refractivity contribution is -0.425. The van der Waals surface area contributed by atoms with Crippen LogP contribution in [0.1, 0.15) is 20.3 Å². The molecule has 1 aromatic carbocycles. The number of nitrogens with one attached hydrogen (secondary N) is 1. The molecule has 1 N–H and O–H groups in total. The van der Waals surface area contributed by atoms with Gasteiger partial charge in [-0.1, -0.05) is 13.8 Å². The van der Waals surface area contributed by atoms with Crippen molar-refractivity contribution >= 4 is 41.0 Å². The molecular formula is C19H20F2N3O3S+. The number of nitrogens with zero attached hydrogens (tertiary/aromatic N) is 2. The number of urea groups is 1. The molecule has 0 saturated carbocycles. The van der Waals surface area contributed by atoms with Gasteiger partial charge in [-0.25, -0.2) is 13.6 Å². The summed E-state index contributed by atoms with van der Waals surface area (Å²) in [6, 6.07) is 2.23. The van der Waals surface area contributed by atoms with Crippen LogP contribution in [0.15, 0.2) is 29.7 Å². The summed E-state index contributed by atoms with van der Waals surface area (Å²) in [5.41, 5.74) is 0.261. The Morgan fingerprint density at radius 3 is 2.75 bits per heavy atom. The summed E-state index contributed by atoms with van der Waals surface area (Å²) >= 11 is 1.28. The third kappa shape index (κ3) is 4.14. The molecule has 1 aromatic rings. The molecule has 1 unspecified atom stereocenters. The summed E-state index contributed by atoms with van der Waals surface area (Å²) < 4.78 is 28.0. The van der Waals surface area contributed by atoms with Gasteiger partial charge in [-0.3, -0.25) is 4.79 Å². The summed E-state index contributed by atoms with van der Waals surface area (Å²) in [6.07, 6.45) is 2.29. The number of fused-ring (bicyclic) bond motifs is 1. The molecule has 0 fully saturated rings. The van der Waals surface area contributed by atoms with Gasteiger partial charge in [0.2, 0.25) is 0 Å². The van der Waals surface area contributed by atoms with Crippen molar-refractivity contribution in [1.82, 2.24) is 4.90 Å². The second kappa shape index (κ2) is 8.22. The summed E-state index contributed by atoms with van der Waals surface area (Å²) in [6.45, 7) is 3.87. The molecule has 0 spiro atoms. The minimum atomic E-state index is -0.908. The van der Waals surface area contributed by atoms with E-state index in [1.807, 2.05) is 13.8 Å². The predicted molar refractivity (Wildman–Crippen MR) is 102 cm³/mol. The van der Waals surface area contributed by atoms with Crippen molar-refractivity contribution in [3.8, 4) is 0 Å². The summed E-state index contributed by atoms with van der Waals surface area (Å²) in [4.78, 5) is 39.1. The number of rotatable bonds is 6. The molecule has 28 heavy (non-hydrogen) atoms. The first-order valence-electron chi connectivity index (χ1n) is 8.84. The highest BCUT2D eigenvalue weighted by Gasteiger charge is 2.49. The number of carbonyl (C=O) groups is 3. The Morgan fingerprint density at radius 1 is 1.32 bits per heavy atom. The van der Waals surface area contributed by atoms with Gasteiger partial charge in [0.1, 0.15) is 17.3 Å². The molecule has 0 radical (unpaired) electrons. The van der Waals surface area contributed by atoms with E-state index < -0.39 is 28.8 Å². The molecule has 0 bridgehead atoms. The molecule has 2 aliphatic rings. The average molecular weight is 408 g/mol. The van der Waals surface area contributed by atoms with Crippen molar-refractivity contribution in [3.63, 3.8) is 0 Å². The van der Waals surface area contributed by atoms with Gasteiger partial charge in [-0.2, -0.15) is 14.3 Å². The largest absolute Gasteiger partial charge is 0.501 e. The summed E-state index contributed by atoms with van der Waals surface area (Å²) in [5, 5.41) is 3.48. The first kappa shape index (κ1) is 20.2. The van der Waals surface area contributed by atoms with Crippen LogP contribution < -0.4 is 5.32 Å². The molecule has 2 aliphatic heterocycles. The Hall–Kier alpha value is -2.55. The molecule has 3 rings (SSSR count). The Morgan fingerprint density at radius 2 is 2.07 bits per heavy atom. The number of hydrogen-bond acceptors (Lipinski definition) is 4. The van der Waals surface area contributed by atoms with E-state index >= 15 is 0 Å². The molecule has 148 valence electrons. The van der Waals surface area contributed by atoms with E-state index in [4.69, 9.17) is 0 Å². The third-order valence-corrected chi connectivity index (χ3v) is 5.43. The number of benzene rings is 1. The van der Waals surface area contributed by atoms with E-state index in [1.165, 1.54) is 21.2 Å². The normalized spacial score (nSPS) is 18.9. The number of allylic oxidation sites excluding steroid dienone is 1. The molecule has 4 amide bonds. The standard InChI is InChI=1S/C19H19F2N3O3S/c1-11(2)5-7-23-18(26)17-15(6-8-28-17)24(19(23)27)10-16(25)22-14-4-3-12(20)9-13(14)21/h3-4,6,8-9,11,17H,5,7,10H2,1-2H3/p+1. The molecule has 2 heterocycles. The number of amides is 4. The smallest absolute Gasteiger partial charge is 0.320 e. The molecule has 0 aromatic heterocycles. The number of halogens is 2. The zero-order valence-corrected chi connectivity index (χ0v) is 16.3. The van der Waals surface area contributed by atoms with Gasteiger partial charge in [0, 0.05) is 6.07 Å². The van der Waals surface area contributed by atoms with Gasteiger partial charge < -0.3 is 5.32 Å². The van der Waals surface area contributed by atoms with Crippen LogP contribution in [-0.2, 0) is 9.59 Å². The fourth-order valence-electron chi connectivity index (χ4n) is 2.93. The van der Waals surface area contributed by atoms with Gasteiger partial charge in [0.15, 0.2) is 11.8 Å². The lowest BCUT2D eigenvalue weighted by Gasteiger charge is -2.24. The maximum atomic E-state index is 13.8. The SMILES string of the molecule is CC(C)CCN1C(=O)C2SC=CC2=[N+](CC(=O)Nc2ccc(F)cc2F)C1=O. The van der Waals surface area contributed by atoms with Gasteiger partial charge in [0.25, 0.3) is 5.91 Å². The number of anilines is 1. The Balaban J connectivity index is 1.81. The summed E-state index contributed by atoms with van der Waals surface area (Å²) in [5.74, 6) is -2.30. The Kier molecular flexibility index (Phi) is 5.93. The fraction of sp³-hybridized carbons (Fsp3) is 0.368. The number of thioether (sulfide) groups is 1. The highest BCUT2D eigenvalue weighted by atomic mass is 32.2. The monoisotopic (exact) mass is 408 g/mol. The zero-order chi connectivity index (χ0) is 20.4. The summed E-state index contributed by atoms with van der Waals surface area (Å²) in [7, 11) is 0. The lowest BCUT2D eigenvalue weighted by atomic mass is 10.1. The molecule has 6 nitrogen and oxygen atoms in total. The van der Waals surface area contributed by atoms with Crippen molar-refractivity contribution < 1.29 is 27.7 Å². The average Bonchev–Trinajstić information content (AvgIpc) is 3.10. The minimum absolute atomic E-state index is 0.179. The van der Waals surface area contributed by atoms with E-state index in [0.717, 1.165) is 12.1 Å². The second-order valence-corrected chi connectivity index (χ2v) is 7.97. The molecule has 1 atom stereocenters. The van der Waals surface area contributed by atoms with Crippen molar-refractivity contribution in [2.75, 3.05) is 18.4 Å². The maximum Gasteiger partial charge on any atom is 0.501 e. The van der Waals surface area contributed by atoms with E-state index in [9.17, 15) is 23.2 Å². The fourth-order valence-corrected chi connectivity index (χ4v) is 3.89. The van der Waals surface area contributed by atoms with Crippen LogP contribution in [-0.4, -0.2) is 51.4 Å². The van der Waals surface area contributed by atoms with Crippen molar-refractivity contribution in [2.45, 2.75) is 25.5 Å². The van der Waals surface area contributed by atoms with Gasteiger partial charge in [-0.05, 0) is 36.0 Å². The van der Waals surface area contributed by atoms with Crippen molar-refractivity contribution in [2.24, 2.45) is 5.92 Å². The van der Waals surface area contributed by atoms with Crippen LogP contribution in [0.4, 0.5) is 19.3 Å². The molecule has 0 aliphatic carbocycles. The van der Waals surface area contributed by atoms with Gasteiger partial charge in [-0.15, -0.1) is 11.8 Å². The Labute approximate surface area is 165 Å². The highest BCUT2D eigenvalue weighted by Crippen LogP contribution is 2.28. The van der Waals surface area contributed by atoms with Crippen molar-refractivity contribution in [1.29, 1.82) is 0 Å². The quantitative estimate of drug-likeness (QED) is 0.735. The number of hydrogen-bond donors (Lipinski definition) is 1. The highest BCUT2D eigenvalue weighted by molar-refractivity contribution is 8.04. The predicted octanol–water partition coefficient (Wildman–Crippen LogP) is 2.99. The molecule has 9 heteroatoms. The zero-order valence-electron chi connectivity index (χ0n) is 15.4. The minimum Gasteiger partial charge on any atom is -0.320 e. The maximum absolute atomic E-state index is 13.8. The van der Waals surface area contributed by atoms with Crippen LogP contribution in [0.2, 0.25) is 0 Å². The number of imide groups is 1. The topological polar surface area (TPSA) is 69.5 Å². The van der Waals surface area contributed by atoms with E-state index in [2.05, 4.69) is 5.32 Å². The van der Waals surface area contributed by atoms with Crippen LogP contribution in [0.3, 0.4) is 0 Å². The second-order valence-electron chi connectivity index (χ2n) is 6.96. The number of carbonyl (C=O) groups excluding carboxylic acids is 3. The van der Waals surface area contributed by atoms with E-state index in [0.29, 0.717) is 24.1 Å². The van der Waals surface area contributed by atoms with E-state index in [1.54, 1.807) is 11.5 Å². The van der Waals surface area contributed by atoms with Gasteiger partial charge in [0.05, 0.1) is 12.2 Å². The lowest BCUT2D eigenvalue weighted by Crippen LogP contribution is -2.56. The van der Waals surface area contributed by atoms with Crippen LogP contribution in [0.5, 0.6) is 0 Å². The molecule has 0 saturated heterocycles. The van der Waals surface area contributed by atoms with Crippen LogP contribution in [0.25, 0.3) is 0 Å². The first-order valence-corrected chi connectivity index (χ1v) is 9.79. The van der Waals surface area contributed by atoms with Crippen LogP contribution in [0, 0.1) is 17.6 Å². The van der Waals surface area contributed by atoms with E-state index in [-0.39, 0.29) is 24.7 Å². The van der Waals surface area contributed by atoms with Crippen molar-refractivity contribution in [3.05, 3.63) is 41.3 Å². The Bertz CT molecular complexity index is 898. The van der Waals surface area contributed by atoms with Crippen LogP contribution >= 0.6 is 11.8 Å². The van der Waals surface area contributed by atoms with Gasteiger partial charge >= 0.3 is 11.9 Å². The molecular weight excluding hydrogens is 388 g/mol.